The van der Waals surface area contributed by atoms with E-state index in [4.69, 9.17) is 0 Å². The number of benzene rings is 1. The Labute approximate surface area is 114 Å². The number of nitrogens with one attached hydrogen (secondary N) is 1. The number of hydrogen-bond acceptors (Lipinski definition) is 3. The largest absolute Gasteiger partial charge is 0.325 e. The molecule has 1 aromatic rings. The number of carbonyl (C=O) groups excluding carboxylic acids is 2. The average Bonchev–Trinajstić information content (AvgIpc) is 2.94. The number of hydrogen-bond donors (Lipinski definition) is 1. The molecule has 100 valence electrons. The summed E-state index contributed by atoms with van der Waals surface area (Å²) >= 11 is 1.65. The maximum absolute atomic E-state index is 13.6. The summed E-state index contributed by atoms with van der Waals surface area (Å²) in [5, 5.41) is 2.76. The predicted molar refractivity (Wildman–Crippen MR) is 70.2 cm³/mol. The fraction of sp³-hybridized carbons (Fsp3) is 0.385. The van der Waals surface area contributed by atoms with Crippen molar-refractivity contribution in [3.8, 4) is 0 Å². The molecule has 1 atom stereocenters. The summed E-state index contributed by atoms with van der Waals surface area (Å²) in [6.07, 6.45) is 0.649. The van der Waals surface area contributed by atoms with Crippen LogP contribution in [-0.2, 0) is 11.3 Å². The maximum Gasteiger partial charge on any atom is 0.325 e. The first kappa shape index (κ1) is 12.5. The predicted octanol–water partition coefficient (Wildman–Crippen LogP) is 1.75. The van der Waals surface area contributed by atoms with Crippen molar-refractivity contribution >= 4 is 23.7 Å². The Morgan fingerprint density at radius 3 is 2.84 bits per heavy atom. The maximum atomic E-state index is 13.6. The molecule has 1 aromatic carbocycles. The van der Waals surface area contributed by atoms with E-state index in [0.717, 1.165) is 10.7 Å². The molecular weight excluding hydrogens is 267 g/mol. The van der Waals surface area contributed by atoms with Crippen molar-refractivity contribution in [1.82, 2.24) is 10.2 Å². The van der Waals surface area contributed by atoms with Crippen molar-refractivity contribution in [2.24, 2.45) is 0 Å². The minimum Gasteiger partial charge on any atom is -0.322 e. The molecule has 6 heteroatoms. The van der Waals surface area contributed by atoms with Gasteiger partial charge in [0.25, 0.3) is 5.91 Å². The zero-order valence-electron chi connectivity index (χ0n) is 10.2. The smallest absolute Gasteiger partial charge is 0.322 e. The zero-order chi connectivity index (χ0) is 13.5. The number of nitrogens with zero attached hydrogens (tertiary/aromatic N) is 1. The zero-order valence-corrected chi connectivity index (χ0v) is 11.0. The first-order chi connectivity index (χ1) is 9.12. The molecular formula is C13H13FN2O2S. The van der Waals surface area contributed by atoms with E-state index in [1.165, 1.54) is 6.07 Å². The van der Waals surface area contributed by atoms with Gasteiger partial charge in [0, 0.05) is 11.3 Å². The minimum atomic E-state index is -0.757. The molecule has 19 heavy (non-hydrogen) atoms. The second-order valence-corrected chi connectivity index (χ2v) is 5.90. The molecule has 2 aliphatic heterocycles. The highest BCUT2D eigenvalue weighted by molar-refractivity contribution is 7.99. The van der Waals surface area contributed by atoms with Crippen molar-refractivity contribution in [2.45, 2.75) is 18.5 Å². The molecule has 0 aromatic heterocycles. The van der Waals surface area contributed by atoms with Crippen molar-refractivity contribution < 1.29 is 14.0 Å². The van der Waals surface area contributed by atoms with Gasteiger partial charge in [-0.15, -0.1) is 0 Å². The Hall–Kier alpha value is -1.56. The summed E-state index contributed by atoms with van der Waals surface area (Å²) in [6.45, 7) is -0.0102. The third-order valence-corrected chi connectivity index (χ3v) is 4.74. The molecule has 2 heterocycles. The molecule has 1 spiro atoms. The highest BCUT2D eigenvalue weighted by Crippen LogP contribution is 2.34. The molecule has 0 aliphatic carbocycles. The van der Waals surface area contributed by atoms with Gasteiger partial charge in [-0.25, -0.2) is 9.18 Å². The minimum absolute atomic E-state index is 0.0102. The van der Waals surface area contributed by atoms with Gasteiger partial charge in [0.15, 0.2) is 0 Å². The Morgan fingerprint density at radius 1 is 1.37 bits per heavy atom. The number of rotatable bonds is 2. The molecule has 0 unspecified atom stereocenters. The van der Waals surface area contributed by atoms with E-state index < -0.39 is 17.4 Å². The van der Waals surface area contributed by atoms with Crippen LogP contribution in [0.25, 0.3) is 0 Å². The quantitative estimate of drug-likeness (QED) is 0.840. The monoisotopic (exact) mass is 280 g/mol. The second-order valence-electron chi connectivity index (χ2n) is 4.80. The van der Waals surface area contributed by atoms with Crippen LogP contribution in [0.15, 0.2) is 24.3 Å². The van der Waals surface area contributed by atoms with Crippen LogP contribution < -0.4 is 5.32 Å². The van der Waals surface area contributed by atoms with Gasteiger partial charge < -0.3 is 5.32 Å². The van der Waals surface area contributed by atoms with Crippen LogP contribution >= 0.6 is 11.8 Å². The Kier molecular flexibility index (Phi) is 2.97. The number of thioether (sulfide) groups is 1. The topological polar surface area (TPSA) is 49.4 Å². The molecule has 0 saturated carbocycles. The summed E-state index contributed by atoms with van der Waals surface area (Å²) in [4.78, 5) is 25.4. The van der Waals surface area contributed by atoms with E-state index in [2.05, 4.69) is 5.32 Å². The lowest BCUT2D eigenvalue weighted by atomic mass is 9.99. The van der Waals surface area contributed by atoms with Gasteiger partial charge >= 0.3 is 6.03 Å². The Bertz CT molecular complexity index is 543. The molecule has 3 rings (SSSR count). The van der Waals surface area contributed by atoms with Gasteiger partial charge in [-0.1, -0.05) is 18.2 Å². The number of halogens is 1. The molecule has 3 amide bonds. The van der Waals surface area contributed by atoms with Crippen molar-refractivity contribution in [2.75, 3.05) is 11.5 Å². The third-order valence-electron chi connectivity index (χ3n) is 3.55. The van der Waals surface area contributed by atoms with Gasteiger partial charge in [0.1, 0.15) is 11.4 Å². The Morgan fingerprint density at radius 2 is 2.16 bits per heavy atom. The van der Waals surface area contributed by atoms with Crippen LogP contribution in [0.4, 0.5) is 9.18 Å². The van der Waals surface area contributed by atoms with Crippen LogP contribution in [0.3, 0.4) is 0 Å². The SMILES string of the molecule is O=C1N[C@@]2(CCSC2)C(=O)N1Cc1ccccc1F. The number of carbonyl (C=O) groups is 2. The summed E-state index contributed by atoms with van der Waals surface area (Å²) < 4.78 is 13.6. The number of urea groups is 1. The normalized spacial score (nSPS) is 26.3. The second kappa shape index (κ2) is 4.52. The number of amides is 3. The average molecular weight is 280 g/mol. The van der Waals surface area contributed by atoms with Crippen LogP contribution in [0.1, 0.15) is 12.0 Å². The third kappa shape index (κ3) is 2.00. The van der Waals surface area contributed by atoms with E-state index in [1.807, 2.05) is 0 Å². The molecule has 4 nitrogen and oxygen atoms in total. The standard InChI is InChI=1S/C13H13FN2O2S/c14-10-4-2-1-3-9(10)7-16-11(17)13(15-12(16)18)5-6-19-8-13/h1-4H,5-8H2,(H,15,18)/t13-/m1/s1. The van der Waals surface area contributed by atoms with Gasteiger partial charge in [-0.3, -0.25) is 9.69 Å². The molecule has 0 bridgehead atoms. The van der Waals surface area contributed by atoms with Gasteiger partial charge in [0.05, 0.1) is 6.54 Å². The lowest BCUT2D eigenvalue weighted by Crippen LogP contribution is -2.46. The van der Waals surface area contributed by atoms with Crippen LogP contribution in [0.5, 0.6) is 0 Å². The van der Waals surface area contributed by atoms with Crippen LogP contribution in [0.2, 0.25) is 0 Å². The first-order valence-corrected chi connectivity index (χ1v) is 7.23. The van der Waals surface area contributed by atoms with Gasteiger partial charge in [-0.05, 0) is 18.2 Å². The molecule has 1 N–H and O–H groups in total. The van der Waals surface area contributed by atoms with E-state index in [-0.39, 0.29) is 12.5 Å². The van der Waals surface area contributed by atoms with Gasteiger partial charge in [-0.2, -0.15) is 11.8 Å². The summed E-state index contributed by atoms with van der Waals surface area (Å²) in [7, 11) is 0. The molecule has 2 saturated heterocycles. The molecule has 2 aliphatic rings. The van der Waals surface area contributed by atoms with E-state index in [9.17, 15) is 14.0 Å². The van der Waals surface area contributed by atoms with Crippen molar-refractivity contribution in [3.63, 3.8) is 0 Å². The number of imide groups is 1. The fourth-order valence-corrected chi connectivity index (χ4v) is 3.77. The van der Waals surface area contributed by atoms with Gasteiger partial charge in [0.2, 0.25) is 0 Å². The fourth-order valence-electron chi connectivity index (χ4n) is 2.45. The van der Waals surface area contributed by atoms with E-state index in [0.29, 0.717) is 17.7 Å². The van der Waals surface area contributed by atoms with Crippen molar-refractivity contribution in [3.05, 3.63) is 35.6 Å². The van der Waals surface area contributed by atoms with Crippen LogP contribution in [0, 0.1) is 5.82 Å². The summed E-state index contributed by atoms with van der Waals surface area (Å²) in [6, 6.07) is 5.77. The summed E-state index contributed by atoms with van der Waals surface area (Å²) in [5.74, 6) is 0.834. The Balaban J connectivity index is 1.84. The van der Waals surface area contributed by atoms with Crippen molar-refractivity contribution in [1.29, 1.82) is 0 Å². The molecule has 2 fully saturated rings. The lowest BCUT2D eigenvalue weighted by molar-refractivity contribution is -0.130. The highest BCUT2D eigenvalue weighted by Gasteiger charge is 2.52. The molecule has 0 radical (unpaired) electrons. The summed E-state index contributed by atoms with van der Waals surface area (Å²) in [5.41, 5.74) is -0.402. The first-order valence-electron chi connectivity index (χ1n) is 6.08. The van der Waals surface area contributed by atoms with E-state index >= 15 is 0 Å². The van der Waals surface area contributed by atoms with Crippen LogP contribution in [-0.4, -0.2) is 33.9 Å². The highest BCUT2D eigenvalue weighted by atomic mass is 32.2. The lowest BCUT2D eigenvalue weighted by Gasteiger charge is -2.19. The van der Waals surface area contributed by atoms with E-state index in [1.54, 1.807) is 30.0 Å².